The van der Waals surface area contributed by atoms with Gasteiger partial charge < -0.3 is 15.5 Å². The van der Waals surface area contributed by atoms with Crippen LogP contribution in [0.4, 0.5) is 0 Å². The summed E-state index contributed by atoms with van der Waals surface area (Å²) in [4.78, 5) is 12.4. The molecule has 0 aliphatic rings. The molecule has 0 aromatic rings. The van der Waals surface area contributed by atoms with Gasteiger partial charge in [0, 0.05) is 6.42 Å². The Morgan fingerprint density at radius 2 is 0.746 bits per heavy atom. The van der Waals surface area contributed by atoms with Gasteiger partial charge in [0.2, 0.25) is 5.91 Å². The monoisotopic (exact) mass is 814 g/mol. The number of hydrogen-bond donors (Lipinski definition) is 3. The van der Waals surface area contributed by atoms with Gasteiger partial charge in [0.1, 0.15) is 0 Å². The summed E-state index contributed by atoms with van der Waals surface area (Å²) in [5, 5.41) is 22.9. The molecule has 0 saturated heterocycles. The van der Waals surface area contributed by atoms with Crippen LogP contribution in [0.3, 0.4) is 0 Å². The summed E-state index contributed by atoms with van der Waals surface area (Å²) < 4.78 is 0. The topological polar surface area (TPSA) is 69.6 Å². The number of unbranched alkanes of at least 4 members (excludes halogenated alkanes) is 17. The molecule has 4 nitrogen and oxygen atoms in total. The van der Waals surface area contributed by atoms with E-state index >= 15 is 0 Å². The van der Waals surface area contributed by atoms with Crippen LogP contribution in [-0.4, -0.2) is 34.9 Å². The molecule has 0 spiro atoms. The predicted octanol–water partition coefficient (Wildman–Crippen LogP) is 15.7. The Labute approximate surface area is 365 Å². The second-order valence-electron chi connectivity index (χ2n) is 15.8. The Hall–Kier alpha value is -3.21. The Bertz CT molecular complexity index is 1200. The number of amides is 1. The Kier molecular flexibility index (Phi) is 46.5. The van der Waals surface area contributed by atoms with Gasteiger partial charge >= 0.3 is 0 Å². The summed E-state index contributed by atoms with van der Waals surface area (Å²) in [7, 11) is 0. The van der Waals surface area contributed by atoms with E-state index in [0.717, 1.165) is 89.9 Å². The summed E-state index contributed by atoms with van der Waals surface area (Å²) in [6.07, 6.45) is 76.1. The van der Waals surface area contributed by atoms with Crippen molar-refractivity contribution in [2.75, 3.05) is 6.61 Å². The molecule has 0 fully saturated rings. The lowest BCUT2D eigenvalue weighted by Crippen LogP contribution is -2.45. The maximum absolute atomic E-state index is 12.4. The van der Waals surface area contributed by atoms with Crippen LogP contribution in [0.2, 0.25) is 0 Å². The first-order valence-electron chi connectivity index (χ1n) is 24.2. The Morgan fingerprint density at radius 3 is 1.12 bits per heavy atom. The number of carbonyl (C=O) groups excluding carboxylic acids is 1. The lowest BCUT2D eigenvalue weighted by Gasteiger charge is -2.20. The zero-order chi connectivity index (χ0) is 42.8. The largest absolute Gasteiger partial charge is 0.394 e. The molecular formula is C55H91NO3. The molecular weight excluding hydrogens is 723 g/mol. The van der Waals surface area contributed by atoms with Crippen molar-refractivity contribution >= 4 is 5.91 Å². The molecule has 0 saturated carbocycles. The zero-order valence-electron chi connectivity index (χ0n) is 38.2. The van der Waals surface area contributed by atoms with Crippen LogP contribution in [0.1, 0.15) is 200 Å². The Balaban J connectivity index is 3.62. The van der Waals surface area contributed by atoms with Crippen LogP contribution >= 0.6 is 0 Å². The third kappa shape index (κ3) is 45.7. The van der Waals surface area contributed by atoms with Crippen molar-refractivity contribution in [3.63, 3.8) is 0 Å². The molecule has 0 heterocycles. The number of hydrogen-bond acceptors (Lipinski definition) is 3. The van der Waals surface area contributed by atoms with E-state index < -0.39 is 12.1 Å². The number of allylic oxidation sites excluding steroid dienone is 19. The molecule has 0 aliphatic carbocycles. The highest BCUT2D eigenvalue weighted by Crippen LogP contribution is 2.13. The normalized spacial score (nSPS) is 14.0. The number of carbonyl (C=O) groups is 1. The molecule has 0 aromatic carbocycles. The number of aliphatic hydroxyl groups is 2. The fraction of sp³-hybridized carbons (Fsp3) is 0.618. The predicted molar refractivity (Wildman–Crippen MR) is 262 cm³/mol. The number of rotatable bonds is 42. The van der Waals surface area contributed by atoms with E-state index in [4.69, 9.17) is 0 Å². The van der Waals surface area contributed by atoms with Gasteiger partial charge in [0.05, 0.1) is 18.8 Å². The van der Waals surface area contributed by atoms with Gasteiger partial charge in [-0.25, -0.2) is 0 Å². The number of aliphatic hydroxyl groups excluding tert-OH is 2. The smallest absolute Gasteiger partial charge is 0.220 e. The van der Waals surface area contributed by atoms with Crippen LogP contribution in [0.15, 0.2) is 122 Å². The molecule has 4 heteroatoms. The molecule has 2 atom stereocenters. The SMILES string of the molecule is CC/C=C\C/C=C\C/C=C\C/C=C\C/C=C\C/C=C\C/C=C\C/C=C\C/C=C\CCCCCCCCCCCC(=O)NC(CO)C(O)/C=C/CCCCCCCCCC. The second-order valence-corrected chi connectivity index (χ2v) is 15.8. The molecule has 59 heavy (non-hydrogen) atoms. The first-order chi connectivity index (χ1) is 29.2. The van der Waals surface area contributed by atoms with Crippen molar-refractivity contribution in [2.45, 2.75) is 212 Å². The highest BCUT2D eigenvalue weighted by atomic mass is 16.3. The summed E-state index contributed by atoms with van der Waals surface area (Å²) in [6, 6.07) is -0.631. The maximum atomic E-state index is 12.4. The molecule has 0 aliphatic heterocycles. The molecule has 0 bridgehead atoms. The molecule has 0 radical (unpaired) electrons. The molecule has 1 amide bonds. The summed E-state index contributed by atoms with van der Waals surface area (Å²) in [6.45, 7) is 4.15. The Morgan fingerprint density at radius 1 is 0.424 bits per heavy atom. The molecule has 3 N–H and O–H groups in total. The third-order valence-electron chi connectivity index (χ3n) is 10.2. The van der Waals surface area contributed by atoms with Crippen molar-refractivity contribution in [3.8, 4) is 0 Å². The van der Waals surface area contributed by atoms with Crippen LogP contribution in [0.25, 0.3) is 0 Å². The summed E-state index contributed by atoms with van der Waals surface area (Å²) in [5.41, 5.74) is 0. The summed E-state index contributed by atoms with van der Waals surface area (Å²) >= 11 is 0. The lowest BCUT2D eigenvalue weighted by molar-refractivity contribution is -0.123. The molecule has 0 rings (SSSR count). The minimum absolute atomic E-state index is 0.0785. The van der Waals surface area contributed by atoms with Gasteiger partial charge in [0.25, 0.3) is 0 Å². The fourth-order valence-corrected chi connectivity index (χ4v) is 6.52. The van der Waals surface area contributed by atoms with Crippen molar-refractivity contribution < 1.29 is 15.0 Å². The van der Waals surface area contributed by atoms with Crippen LogP contribution in [0, 0.1) is 0 Å². The first kappa shape index (κ1) is 55.8. The van der Waals surface area contributed by atoms with E-state index in [2.05, 4.69) is 129 Å². The molecule has 0 aromatic heterocycles. The van der Waals surface area contributed by atoms with Gasteiger partial charge in [-0.05, 0) is 89.9 Å². The van der Waals surface area contributed by atoms with E-state index in [0.29, 0.717) is 6.42 Å². The standard InChI is InChI=1S/C55H91NO3/c1-3-5-7-9-11-13-15-16-17-18-19-20-21-22-23-24-25-26-27-28-29-30-31-32-33-34-35-36-37-38-39-40-41-43-45-47-49-51-55(59)56-53(52-57)54(58)50-48-46-44-42-14-12-10-8-6-4-2/h5,7,11,13,16-17,19-20,22-23,25-26,28-29,31-32,34-35,48,50,53-54,57-58H,3-4,6,8-10,12,14-15,18,21,24,27,30,33,36-47,49,51-52H2,1-2H3,(H,56,59)/b7-5-,13-11-,17-16-,20-19-,23-22-,26-25-,29-28-,32-31-,35-34-,50-48+. The van der Waals surface area contributed by atoms with E-state index in [1.165, 1.54) is 89.9 Å². The van der Waals surface area contributed by atoms with Crippen molar-refractivity contribution in [1.82, 2.24) is 5.32 Å². The van der Waals surface area contributed by atoms with Gasteiger partial charge in [-0.1, -0.05) is 225 Å². The minimum atomic E-state index is -0.847. The van der Waals surface area contributed by atoms with E-state index in [1.54, 1.807) is 6.08 Å². The number of nitrogens with one attached hydrogen (secondary N) is 1. The van der Waals surface area contributed by atoms with E-state index in [1.807, 2.05) is 6.08 Å². The van der Waals surface area contributed by atoms with Gasteiger partial charge in [-0.15, -0.1) is 0 Å². The average molecular weight is 814 g/mol. The van der Waals surface area contributed by atoms with Crippen molar-refractivity contribution in [3.05, 3.63) is 122 Å². The zero-order valence-corrected chi connectivity index (χ0v) is 38.2. The maximum Gasteiger partial charge on any atom is 0.220 e. The minimum Gasteiger partial charge on any atom is -0.394 e. The van der Waals surface area contributed by atoms with Gasteiger partial charge in [0.15, 0.2) is 0 Å². The average Bonchev–Trinajstić information content (AvgIpc) is 3.24. The van der Waals surface area contributed by atoms with E-state index in [9.17, 15) is 15.0 Å². The first-order valence-corrected chi connectivity index (χ1v) is 24.2. The van der Waals surface area contributed by atoms with Crippen molar-refractivity contribution in [2.24, 2.45) is 0 Å². The molecule has 2 unspecified atom stereocenters. The second kappa shape index (κ2) is 49.2. The molecule has 334 valence electrons. The third-order valence-corrected chi connectivity index (χ3v) is 10.2. The van der Waals surface area contributed by atoms with Crippen LogP contribution in [-0.2, 0) is 4.79 Å². The van der Waals surface area contributed by atoms with Crippen molar-refractivity contribution in [1.29, 1.82) is 0 Å². The van der Waals surface area contributed by atoms with E-state index in [-0.39, 0.29) is 12.5 Å². The van der Waals surface area contributed by atoms with Crippen LogP contribution in [0.5, 0.6) is 0 Å². The quantitative estimate of drug-likeness (QED) is 0.0425. The highest BCUT2D eigenvalue weighted by Gasteiger charge is 2.17. The van der Waals surface area contributed by atoms with Gasteiger partial charge in [-0.3, -0.25) is 4.79 Å². The van der Waals surface area contributed by atoms with Crippen LogP contribution < -0.4 is 5.32 Å². The fourth-order valence-electron chi connectivity index (χ4n) is 6.52. The highest BCUT2D eigenvalue weighted by molar-refractivity contribution is 5.76. The lowest BCUT2D eigenvalue weighted by atomic mass is 10.0. The van der Waals surface area contributed by atoms with Gasteiger partial charge in [-0.2, -0.15) is 0 Å². The summed E-state index contributed by atoms with van der Waals surface area (Å²) in [5.74, 6) is -0.0785.